The summed E-state index contributed by atoms with van der Waals surface area (Å²) in [6.45, 7) is 6.69. The summed E-state index contributed by atoms with van der Waals surface area (Å²) in [5.41, 5.74) is 5.08. The maximum absolute atomic E-state index is 10.7. The Balaban J connectivity index is 1.95. The fourth-order valence-electron chi connectivity index (χ4n) is 3.56. The summed E-state index contributed by atoms with van der Waals surface area (Å²) in [4.78, 5) is 13.0. The van der Waals surface area contributed by atoms with Gasteiger partial charge < -0.3 is 24.6 Å². The van der Waals surface area contributed by atoms with E-state index in [4.69, 9.17) is 19.7 Å². The number of carboxylic acid groups (broad SMARTS) is 1. The van der Waals surface area contributed by atoms with Crippen molar-refractivity contribution < 1.29 is 24.5 Å². The minimum Gasteiger partial charge on any atom is -0.493 e. The van der Waals surface area contributed by atoms with E-state index in [1.165, 1.54) is 5.69 Å². The van der Waals surface area contributed by atoms with E-state index in [-0.39, 0.29) is 12.4 Å². The first-order chi connectivity index (χ1) is 15.5. The third-order valence-corrected chi connectivity index (χ3v) is 5.24. The third-order valence-electron chi connectivity index (χ3n) is 5.24. The molecular formula is C26H29NO5. The van der Waals surface area contributed by atoms with Gasteiger partial charge in [-0.25, -0.2) is 4.79 Å². The van der Waals surface area contributed by atoms with Crippen molar-refractivity contribution in [2.75, 3.05) is 31.2 Å². The zero-order valence-corrected chi connectivity index (χ0v) is 18.5. The van der Waals surface area contributed by atoms with E-state index in [0.29, 0.717) is 13.0 Å². The number of nitrogens with zero attached hydrogens (tertiary/aromatic N) is 1. The summed E-state index contributed by atoms with van der Waals surface area (Å²) in [5.74, 6) is 1.03. The van der Waals surface area contributed by atoms with Crippen LogP contribution in [0.4, 0.5) is 10.5 Å². The first-order valence-electron chi connectivity index (χ1n) is 10.8. The molecule has 0 saturated carbocycles. The first-order valence-corrected chi connectivity index (χ1v) is 10.8. The molecule has 0 radical (unpaired) electrons. The molecule has 0 bridgehead atoms. The third kappa shape index (κ3) is 5.80. The van der Waals surface area contributed by atoms with Crippen LogP contribution in [0.3, 0.4) is 0 Å². The Bertz CT molecular complexity index is 1010. The quantitative estimate of drug-likeness (QED) is 0.242. The standard InChI is InChI=1S/C26H29NO5/c1-3-27(4-2)22-11-6-20(7-12-22)24-18-21(10-15-25(24)31-17-5-16-28)19-8-13-23(14-9-19)32-26(29)30/h6-15,18,28H,3-5,16-17H2,1-2H3,(H,29,30). The largest absolute Gasteiger partial charge is 0.511 e. The number of rotatable bonds is 10. The van der Waals surface area contributed by atoms with E-state index in [0.717, 1.165) is 41.1 Å². The van der Waals surface area contributed by atoms with Crippen LogP contribution < -0.4 is 14.4 Å². The normalized spacial score (nSPS) is 10.6. The second-order valence-corrected chi connectivity index (χ2v) is 7.25. The van der Waals surface area contributed by atoms with Gasteiger partial charge in [0.2, 0.25) is 0 Å². The predicted octanol–water partition coefficient (Wildman–Crippen LogP) is 5.68. The number of aliphatic hydroxyl groups excluding tert-OH is 1. The maximum atomic E-state index is 10.7. The average Bonchev–Trinajstić information content (AvgIpc) is 2.81. The van der Waals surface area contributed by atoms with Crippen molar-refractivity contribution >= 4 is 11.8 Å². The molecule has 0 heterocycles. The van der Waals surface area contributed by atoms with Gasteiger partial charge in [0.1, 0.15) is 11.5 Å². The van der Waals surface area contributed by atoms with Crippen molar-refractivity contribution in [3.05, 3.63) is 66.7 Å². The summed E-state index contributed by atoms with van der Waals surface area (Å²) in [6.07, 6.45) is -0.773. The van der Waals surface area contributed by atoms with Crippen LogP contribution in [0.1, 0.15) is 20.3 Å². The number of carbonyl (C=O) groups is 1. The molecule has 0 amide bonds. The molecule has 2 N–H and O–H groups in total. The van der Waals surface area contributed by atoms with Crippen LogP contribution in [0.25, 0.3) is 22.3 Å². The molecule has 6 heteroatoms. The number of hydrogen-bond acceptors (Lipinski definition) is 5. The lowest BCUT2D eigenvalue weighted by atomic mass is 9.97. The molecule has 3 aromatic carbocycles. The van der Waals surface area contributed by atoms with E-state index in [1.54, 1.807) is 12.1 Å². The molecule has 3 aromatic rings. The molecule has 0 fully saturated rings. The van der Waals surface area contributed by atoms with E-state index < -0.39 is 6.16 Å². The smallest absolute Gasteiger partial charge is 0.493 e. The van der Waals surface area contributed by atoms with Crippen molar-refractivity contribution in [1.29, 1.82) is 0 Å². The summed E-state index contributed by atoms with van der Waals surface area (Å²) in [6, 6.07) is 21.3. The van der Waals surface area contributed by atoms with Gasteiger partial charge in [-0.05, 0) is 66.9 Å². The van der Waals surface area contributed by atoms with Gasteiger partial charge in [-0.2, -0.15) is 0 Å². The predicted molar refractivity (Wildman–Crippen MR) is 127 cm³/mol. The van der Waals surface area contributed by atoms with Crippen LogP contribution in [0.15, 0.2) is 66.7 Å². The van der Waals surface area contributed by atoms with Gasteiger partial charge in [0.25, 0.3) is 0 Å². The Labute approximate surface area is 188 Å². The summed E-state index contributed by atoms with van der Waals surface area (Å²) in [7, 11) is 0. The summed E-state index contributed by atoms with van der Waals surface area (Å²) >= 11 is 0. The highest BCUT2D eigenvalue weighted by Crippen LogP contribution is 2.36. The number of ether oxygens (including phenoxy) is 2. The molecule has 0 spiro atoms. The topological polar surface area (TPSA) is 79.2 Å². The van der Waals surface area contributed by atoms with Gasteiger partial charge in [-0.1, -0.05) is 30.3 Å². The van der Waals surface area contributed by atoms with Gasteiger partial charge in [-0.3, -0.25) is 0 Å². The lowest BCUT2D eigenvalue weighted by Gasteiger charge is -2.21. The molecule has 168 valence electrons. The molecule has 6 nitrogen and oxygen atoms in total. The zero-order valence-electron chi connectivity index (χ0n) is 18.5. The Morgan fingerprint density at radius 1 is 0.875 bits per heavy atom. The van der Waals surface area contributed by atoms with Crippen molar-refractivity contribution in [1.82, 2.24) is 0 Å². The van der Waals surface area contributed by atoms with Crippen LogP contribution in [0.2, 0.25) is 0 Å². The van der Waals surface area contributed by atoms with Crippen molar-refractivity contribution in [3.8, 4) is 33.8 Å². The minimum atomic E-state index is -1.34. The number of benzene rings is 3. The molecule has 3 rings (SSSR count). The second-order valence-electron chi connectivity index (χ2n) is 7.25. The molecule has 0 saturated heterocycles. The SMILES string of the molecule is CCN(CC)c1ccc(-c2cc(-c3ccc(OC(=O)O)cc3)ccc2OCCCO)cc1. The van der Waals surface area contributed by atoms with Crippen LogP contribution in [0, 0.1) is 0 Å². The number of aliphatic hydroxyl groups is 1. The van der Waals surface area contributed by atoms with Gasteiger partial charge in [0.05, 0.1) is 6.61 Å². The molecule has 0 aliphatic carbocycles. The molecular weight excluding hydrogens is 406 g/mol. The fourth-order valence-corrected chi connectivity index (χ4v) is 3.56. The van der Waals surface area contributed by atoms with E-state index in [1.807, 2.05) is 24.3 Å². The van der Waals surface area contributed by atoms with E-state index >= 15 is 0 Å². The van der Waals surface area contributed by atoms with Crippen molar-refractivity contribution in [2.45, 2.75) is 20.3 Å². The molecule has 32 heavy (non-hydrogen) atoms. The van der Waals surface area contributed by atoms with Crippen LogP contribution >= 0.6 is 0 Å². The minimum absolute atomic E-state index is 0.0801. The van der Waals surface area contributed by atoms with Gasteiger partial charge >= 0.3 is 6.16 Å². The Morgan fingerprint density at radius 3 is 2.09 bits per heavy atom. The highest BCUT2D eigenvalue weighted by molar-refractivity contribution is 5.79. The molecule has 0 unspecified atom stereocenters. The molecule has 0 aromatic heterocycles. The van der Waals surface area contributed by atoms with Crippen molar-refractivity contribution in [2.24, 2.45) is 0 Å². The first kappa shape index (κ1) is 23.2. The number of hydrogen-bond donors (Lipinski definition) is 2. The Morgan fingerprint density at radius 2 is 1.50 bits per heavy atom. The van der Waals surface area contributed by atoms with Gasteiger partial charge in [0.15, 0.2) is 0 Å². The monoisotopic (exact) mass is 435 g/mol. The lowest BCUT2D eigenvalue weighted by Crippen LogP contribution is -2.21. The molecule has 0 aliphatic heterocycles. The van der Waals surface area contributed by atoms with E-state index in [9.17, 15) is 4.79 Å². The van der Waals surface area contributed by atoms with Gasteiger partial charge in [-0.15, -0.1) is 0 Å². The highest BCUT2D eigenvalue weighted by Gasteiger charge is 2.11. The summed E-state index contributed by atoms with van der Waals surface area (Å²) < 4.78 is 10.6. The zero-order chi connectivity index (χ0) is 22.9. The molecule has 0 aliphatic rings. The van der Waals surface area contributed by atoms with Crippen molar-refractivity contribution in [3.63, 3.8) is 0 Å². The average molecular weight is 436 g/mol. The Kier molecular flexibility index (Phi) is 8.11. The lowest BCUT2D eigenvalue weighted by molar-refractivity contribution is 0.144. The highest BCUT2D eigenvalue weighted by atomic mass is 16.7. The van der Waals surface area contributed by atoms with E-state index in [2.05, 4.69) is 49.1 Å². The Hall–Kier alpha value is -3.51. The number of anilines is 1. The van der Waals surface area contributed by atoms with Gasteiger partial charge in [0, 0.05) is 37.4 Å². The fraction of sp³-hybridized carbons (Fsp3) is 0.269. The van der Waals surface area contributed by atoms with Crippen LogP contribution in [-0.2, 0) is 0 Å². The second kappa shape index (κ2) is 11.2. The maximum Gasteiger partial charge on any atom is 0.511 e. The summed E-state index contributed by atoms with van der Waals surface area (Å²) in [5, 5.41) is 17.9. The van der Waals surface area contributed by atoms with Crippen LogP contribution in [-0.4, -0.2) is 42.7 Å². The van der Waals surface area contributed by atoms with Crippen LogP contribution in [0.5, 0.6) is 11.5 Å². The molecule has 0 atom stereocenters.